The molecule has 3 aromatic rings. The van der Waals surface area contributed by atoms with Gasteiger partial charge in [-0.1, -0.05) is 6.07 Å². The summed E-state index contributed by atoms with van der Waals surface area (Å²) in [6, 6.07) is 11.4. The monoisotopic (exact) mass is 554 g/mol. The number of imide groups is 1. The Labute approximate surface area is 238 Å². The van der Waals surface area contributed by atoms with Crippen LogP contribution in [0, 0.1) is 0 Å². The first-order chi connectivity index (χ1) is 19.9. The molecule has 41 heavy (non-hydrogen) atoms. The normalized spacial score (nSPS) is 25.2. The quantitative estimate of drug-likeness (QED) is 0.463. The molecular weight excluding hydrogens is 520 g/mol. The molecular formula is C31H34N6O4. The maximum atomic E-state index is 13.0. The van der Waals surface area contributed by atoms with Crippen LogP contribution in [0.4, 0.5) is 0 Å². The Morgan fingerprint density at radius 2 is 1.93 bits per heavy atom. The number of hydrogen-bond acceptors (Lipinski definition) is 8. The van der Waals surface area contributed by atoms with Gasteiger partial charge < -0.3 is 14.5 Å². The zero-order chi connectivity index (χ0) is 28.1. The third kappa shape index (κ3) is 5.17. The Kier molecular flexibility index (Phi) is 6.67. The van der Waals surface area contributed by atoms with Crippen LogP contribution in [0.5, 0.6) is 5.75 Å². The summed E-state index contributed by atoms with van der Waals surface area (Å²) in [5.41, 5.74) is 3.69. The lowest BCUT2D eigenvalue weighted by Crippen LogP contribution is -2.52. The van der Waals surface area contributed by atoms with Crippen molar-refractivity contribution in [1.29, 1.82) is 0 Å². The fourth-order valence-electron chi connectivity index (χ4n) is 6.65. The first-order valence-corrected chi connectivity index (χ1v) is 14.5. The number of nitrogens with one attached hydrogen (secondary N) is 1. The highest BCUT2D eigenvalue weighted by atomic mass is 16.5. The fourth-order valence-corrected chi connectivity index (χ4v) is 6.65. The van der Waals surface area contributed by atoms with E-state index in [0.29, 0.717) is 24.4 Å². The van der Waals surface area contributed by atoms with Gasteiger partial charge in [0.15, 0.2) is 0 Å². The van der Waals surface area contributed by atoms with Crippen molar-refractivity contribution < 1.29 is 19.1 Å². The summed E-state index contributed by atoms with van der Waals surface area (Å²) in [4.78, 5) is 52.7. The van der Waals surface area contributed by atoms with Gasteiger partial charge in [-0.05, 0) is 74.3 Å². The van der Waals surface area contributed by atoms with Crippen molar-refractivity contribution in [2.75, 3.05) is 33.2 Å². The average Bonchev–Trinajstić information content (AvgIpc) is 3.67. The van der Waals surface area contributed by atoms with Gasteiger partial charge in [0.25, 0.3) is 5.91 Å². The van der Waals surface area contributed by atoms with Crippen molar-refractivity contribution in [2.45, 2.75) is 56.8 Å². The Hall–Kier alpha value is -3.89. The van der Waals surface area contributed by atoms with Crippen LogP contribution in [-0.4, -0.2) is 87.8 Å². The number of aromatic nitrogens is 2. The number of rotatable bonds is 6. The number of piperidine rings is 1. The van der Waals surface area contributed by atoms with Crippen molar-refractivity contribution in [3.05, 3.63) is 65.1 Å². The zero-order valence-electron chi connectivity index (χ0n) is 23.2. The lowest BCUT2D eigenvalue weighted by atomic mass is 10.0. The van der Waals surface area contributed by atoms with Crippen LogP contribution in [0.25, 0.3) is 10.9 Å². The molecule has 5 heterocycles. The minimum absolute atomic E-state index is 0.0623. The topological polar surface area (TPSA) is 108 Å². The lowest BCUT2D eigenvalue weighted by Gasteiger charge is -2.29. The highest BCUT2D eigenvalue weighted by molar-refractivity contribution is 6.05. The van der Waals surface area contributed by atoms with Crippen molar-refractivity contribution in [3.8, 4) is 5.75 Å². The van der Waals surface area contributed by atoms with Gasteiger partial charge in [-0.25, -0.2) is 9.97 Å². The maximum Gasteiger partial charge on any atom is 0.255 e. The van der Waals surface area contributed by atoms with E-state index in [-0.39, 0.29) is 24.3 Å². The summed E-state index contributed by atoms with van der Waals surface area (Å²) in [5, 5.41) is 3.42. The summed E-state index contributed by atoms with van der Waals surface area (Å²) in [7, 11) is 2.15. The molecule has 10 nitrogen and oxygen atoms in total. The molecule has 0 bridgehead atoms. The molecule has 3 fully saturated rings. The van der Waals surface area contributed by atoms with E-state index in [9.17, 15) is 14.4 Å². The molecule has 3 saturated heterocycles. The number of carbonyl (C=O) groups excluding carboxylic acids is 3. The first-order valence-electron chi connectivity index (χ1n) is 14.5. The average molecular weight is 555 g/mol. The number of benzene rings is 2. The molecule has 0 spiro atoms. The van der Waals surface area contributed by atoms with E-state index >= 15 is 0 Å². The van der Waals surface area contributed by atoms with Crippen LogP contribution in [0.3, 0.4) is 0 Å². The summed E-state index contributed by atoms with van der Waals surface area (Å²) in [6.45, 7) is 5.07. The van der Waals surface area contributed by atoms with E-state index in [4.69, 9.17) is 14.7 Å². The van der Waals surface area contributed by atoms with Crippen molar-refractivity contribution in [3.63, 3.8) is 0 Å². The van der Waals surface area contributed by atoms with Crippen LogP contribution >= 0.6 is 0 Å². The Morgan fingerprint density at radius 3 is 2.76 bits per heavy atom. The maximum absolute atomic E-state index is 13.0. The summed E-state index contributed by atoms with van der Waals surface area (Å²) in [6.07, 6.45) is 4.67. The van der Waals surface area contributed by atoms with Crippen LogP contribution in [0.15, 0.2) is 42.6 Å². The summed E-state index contributed by atoms with van der Waals surface area (Å²) >= 11 is 0. The van der Waals surface area contributed by atoms with Crippen molar-refractivity contribution in [2.24, 2.45) is 0 Å². The van der Waals surface area contributed by atoms with Crippen molar-refractivity contribution in [1.82, 2.24) is 30.0 Å². The number of amides is 3. The third-order valence-electron chi connectivity index (χ3n) is 8.85. The highest BCUT2D eigenvalue weighted by Crippen LogP contribution is 2.31. The molecule has 1 unspecified atom stereocenters. The number of likely N-dealkylation sites (N-methyl/N-ethyl adjacent to an activating group) is 1. The van der Waals surface area contributed by atoms with E-state index in [1.807, 2.05) is 18.3 Å². The second kappa shape index (κ2) is 10.5. The summed E-state index contributed by atoms with van der Waals surface area (Å²) in [5.74, 6) is 1.25. The molecule has 4 aliphatic rings. The van der Waals surface area contributed by atoms with Gasteiger partial charge in [0.1, 0.15) is 23.7 Å². The van der Waals surface area contributed by atoms with Crippen LogP contribution in [0.1, 0.15) is 58.9 Å². The molecule has 0 radical (unpaired) electrons. The second-order valence-corrected chi connectivity index (χ2v) is 11.9. The smallest absolute Gasteiger partial charge is 0.255 e. The minimum atomic E-state index is -0.613. The van der Waals surface area contributed by atoms with Gasteiger partial charge in [-0.2, -0.15) is 0 Å². The van der Waals surface area contributed by atoms with E-state index in [1.165, 1.54) is 5.56 Å². The lowest BCUT2D eigenvalue weighted by molar-refractivity contribution is -0.136. The standard InChI is InChI=1S/C31H34N6O4/c1-35-10-8-20(16-35)29-32-14-21-12-19(2-5-26(21)33-29)15-36-11-9-24(18-36)41-23-3-4-25-22(13-23)17-37(31(25)40)27-6-7-28(38)34-30(27)39/h2-5,12-14,20,24,27H,6-11,15-18H2,1H3,(H,34,38,39)/t20-,24-,27?/m0/s1. The molecule has 2 aromatic carbocycles. The molecule has 212 valence electrons. The highest BCUT2D eigenvalue weighted by Gasteiger charge is 2.39. The number of ether oxygens (including phenoxy) is 1. The molecule has 1 aromatic heterocycles. The molecule has 4 aliphatic heterocycles. The van der Waals surface area contributed by atoms with E-state index in [1.54, 1.807) is 11.0 Å². The van der Waals surface area contributed by atoms with Gasteiger partial charge in [0.2, 0.25) is 11.8 Å². The van der Waals surface area contributed by atoms with Gasteiger partial charge >= 0.3 is 0 Å². The Morgan fingerprint density at radius 1 is 1.02 bits per heavy atom. The molecule has 3 atom stereocenters. The number of carbonyl (C=O) groups is 3. The molecule has 7 rings (SSSR count). The van der Waals surface area contributed by atoms with Crippen LogP contribution in [0.2, 0.25) is 0 Å². The number of hydrogen-bond donors (Lipinski definition) is 1. The molecule has 3 amide bonds. The van der Waals surface area contributed by atoms with E-state index in [0.717, 1.165) is 73.6 Å². The predicted molar refractivity (Wildman–Crippen MR) is 151 cm³/mol. The van der Waals surface area contributed by atoms with E-state index < -0.39 is 11.9 Å². The Bertz CT molecular complexity index is 1540. The molecule has 0 saturated carbocycles. The van der Waals surface area contributed by atoms with Crippen molar-refractivity contribution >= 4 is 28.6 Å². The fraction of sp³-hybridized carbons (Fsp3) is 0.452. The number of likely N-dealkylation sites (tertiary alicyclic amines) is 2. The molecule has 10 heteroatoms. The zero-order valence-corrected chi connectivity index (χ0v) is 23.2. The number of nitrogens with zero attached hydrogens (tertiary/aromatic N) is 5. The van der Waals surface area contributed by atoms with Gasteiger partial charge in [0.05, 0.1) is 5.52 Å². The number of fused-ring (bicyclic) bond motifs is 2. The van der Waals surface area contributed by atoms with E-state index in [2.05, 4.69) is 40.4 Å². The predicted octanol–water partition coefficient (Wildman–Crippen LogP) is 2.46. The molecule has 0 aliphatic carbocycles. The van der Waals surface area contributed by atoms with Gasteiger partial charge in [-0.15, -0.1) is 0 Å². The van der Waals surface area contributed by atoms with Gasteiger partial charge in [-0.3, -0.25) is 24.6 Å². The molecule has 1 N–H and O–H groups in total. The largest absolute Gasteiger partial charge is 0.489 e. The van der Waals surface area contributed by atoms with Gasteiger partial charge in [0, 0.05) is 62.2 Å². The first kappa shape index (κ1) is 26.0. The Balaban J connectivity index is 0.960. The third-order valence-corrected chi connectivity index (χ3v) is 8.85. The second-order valence-electron chi connectivity index (χ2n) is 11.9. The SMILES string of the molecule is CN1CC[C@H](c2ncc3cc(CN4CC[C@H](Oc5ccc6c(c5)CN(C5CCC(=O)NC5=O)C6=O)C4)ccc3n2)C1. The van der Waals surface area contributed by atoms with Crippen LogP contribution in [-0.2, 0) is 22.7 Å². The summed E-state index contributed by atoms with van der Waals surface area (Å²) < 4.78 is 6.34. The minimum Gasteiger partial charge on any atom is -0.489 e. The van der Waals surface area contributed by atoms with Crippen LogP contribution < -0.4 is 10.1 Å².